The number of β-lactam (4-membered cyclic amide) rings is 1. The number of carboxylic acids is 1. The average molecular weight is 409 g/mol. The van der Waals surface area contributed by atoms with Gasteiger partial charge < -0.3 is 20.9 Å². The zero-order chi connectivity index (χ0) is 19.6. The Balaban J connectivity index is 1.71. The fourth-order valence-electron chi connectivity index (χ4n) is 2.89. The summed E-state index contributed by atoms with van der Waals surface area (Å²) in [6, 6.07) is 7.15. The Bertz CT molecular complexity index is 786. The lowest BCUT2D eigenvalue weighted by atomic mass is 10.0. The SMILES string of the molecule is COCSC1=C(C(=O)O)N2C(=O)[C@@H](NC(=O)[C@H](N)c3ccccc3)[C@H]2SC1. The Morgan fingerprint density at radius 1 is 1.44 bits per heavy atom. The number of carboxylic acid groups (broad SMARTS) is 1. The molecule has 0 spiro atoms. The first-order valence-corrected chi connectivity index (χ1v) is 10.1. The molecule has 1 saturated heterocycles. The Kier molecular flexibility index (Phi) is 6.10. The molecule has 2 amide bonds. The van der Waals surface area contributed by atoms with Crippen LogP contribution in [0, 0.1) is 0 Å². The summed E-state index contributed by atoms with van der Waals surface area (Å²) in [5.74, 6) is -1.36. The van der Waals surface area contributed by atoms with Gasteiger partial charge in [-0.25, -0.2) is 4.79 Å². The highest BCUT2D eigenvalue weighted by atomic mass is 32.2. The number of carbonyl (C=O) groups is 3. The van der Waals surface area contributed by atoms with Gasteiger partial charge in [0.15, 0.2) is 0 Å². The molecule has 2 heterocycles. The van der Waals surface area contributed by atoms with E-state index in [0.717, 1.165) is 0 Å². The number of aliphatic carboxylic acids is 1. The Hall–Kier alpha value is -2.01. The lowest BCUT2D eigenvalue weighted by Gasteiger charge is -2.49. The van der Waals surface area contributed by atoms with Crippen molar-refractivity contribution in [3.63, 3.8) is 0 Å². The van der Waals surface area contributed by atoms with E-state index >= 15 is 0 Å². The minimum Gasteiger partial charge on any atom is -0.477 e. The van der Waals surface area contributed by atoms with E-state index in [4.69, 9.17) is 10.5 Å². The molecular formula is C17H19N3O5S2. The molecule has 144 valence electrons. The lowest BCUT2D eigenvalue weighted by Crippen LogP contribution is -2.71. The van der Waals surface area contributed by atoms with Crippen LogP contribution >= 0.6 is 23.5 Å². The van der Waals surface area contributed by atoms with Crippen LogP contribution in [0.3, 0.4) is 0 Å². The molecule has 3 atom stereocenters. The minimum atomic E-state index is -1.17. The lowest BCUT2D eigenvalue weighted by molar-refractivity contribution is -0.150. The van der Waals surface area contributed by atoms with Crippen molar-refractivity contribution in [3.8, 4) is 0 Å². The van der Waals surface area contributed by atoms with Crippen LogP contribution in [0.2, 0.25) is 0 Å². The number of hydrogen-bond donors (Lipinski definition) is 3. The number of nitrogens with two attached hydrogens (primary N) is 1. The van der Waals surface area contributed by atoms with Gasteiger partial charge in [0.1, 0.15) is 23.2 Å². The number of benzene rings is 1. The molecule has 0 aromatic heterocycles. The molecule has 2 aliphatic rings. The van der Waals surface area contributed by atoms with Gasteiger partial charge in [0.05, 0.1) is 5.94 Å². The third-order valence-corrected chi connectivity index (χ3v) is 6.73. The van der Waals surface area contributed by atoms with Crippen molar-refractivity contribution >= 4 is 41.3 Å². The summed E-state index contributed by atoms with van der Waals surface area (Å²) in [4.78, 5) is 38.4. The van der Waals surface area contributed by atoms with Gasteiger partial charge in [0.25, 0.3) is 5.91 Å². The van der Waals surface area contributed by atoms with Crippen molar-refractivity contribution in [3.05, 3.63) is 46.5 Å². The van der Waals surface area contributed by atoms with Gasteiger partial charge in [-0.1, -0.05) is 42.1 Å². The number of thioether (sulfide) groups is 2. The number of ether oxygens (including phenoxy) is 1. The summed E-state index contributed by atoms with van der Waals surface area (Å²) in [5.41, 5.74) is 6.57. The van der Waals surface area contributed by atoms with E-state index in [1.54, 1.807) is 24.3 Å². The summed E-state index contributed by atoms with van der Waals surface area (Å²) in [5, 5.41) is 11.7. The van der Waals surface area contributed by atoms with Crippen LogP contribution < -0.4 is 11.1 Å². The maximum Gasteiger partial charge on any atom is 0.353 e. The van der Waals surface area contributed by atoms with Crippen LogP contribution in [0.1, 0.15) is 11.6 Å². The molecule has 4 N–H and O–H groups in total. The molecule has 0 bridgehead atoms. The van der Waals surface area contributed by atoms with E-state index in [9.17, 15) is 19.5 Å². The molecule has 0 saturated carbocycles. The van der Waals surface area contributed by atoms with Crippen LogP contribution in [0.15, 0.2) is 40.9 Å². The van der Waals surface area contributed by atoms with Gasteiger partial charge in [-0.2, -0.15) is 0 Å². The fraction of sp³-hybridized carbons (Fsp3) is 0.353. The smallest absolute Gasteiger partial charge is 0.353 e. The maximum atomic E-state index is 12.5. The summed E-state index contributed by atoms with van der Waals surface area (Å²) in [6.07, 6.45) is 0. The van der Waals surface area contributed by atoms with Crippen LogP contribution in [-0.2, 0) is 19.1 Å². The molecule has 3 rings (SSSR count). The third kappa shape index (κ3) is 3.84. The van der Waals surface area contributed by atoms with Gasteiger partial charge in [0, 0.05) is 17.8 Å². The largest absolute Gasteiger partial charge is 0.477 e. The zero-order valence-electron chi connectivity index (χ0n) is 14.5. The first-order chi connectivity index (χ1) is 13.0. The van der Waals surface area contributed by atoms with Gasteiger partial charge in [-0.15, -0.1) is 11.8 Å². The molecule has 0 aliphatic carbocycles. The van der Waals surface area contributed by atoms with Crippen molar-refractivity contribution in [1.29, 1.82) is 0 Å². The van der Waals surface area contributed by atoms with E-state index < -0.39 is 35.2 Å². The fourth-order valence-corrected chi connectivity index (χ4v) is 5.20. The predicted octanol–water partition coefficient (Wildman–Crippen LogP) is 0.720. The summed E-state index contributed by atoms with van der Waals surface area (Å²) in [6.45, 7) is 0. The monoisotopic (exact) mass is 409 g/mol. The standard InChI is InChI=1S/C17H19N3O5S2/c1-25-8-27-10-7-26-16-12(15(22)20(16)13(10)17(23)24)19-14(21)11(18)9-5-3-2-4-6-9/h2-6,11-12,16H,7-8,18H2,1H3,(H,19,21)(H,23,24)/t11-,12-,16-/m1/s1. The quantitative estimate of drug-likeness (QED) is 0.445. The predicted molar refractivity (Wildman–Crippen MR) is 103 cm³/mol. The van der Waals surface area contributed by atoms with E-state index in [2.05, 4.69) is 5.32 Å². The Labute approximate surface area is 164 Å². The van der Waals surface area contributed by atoms with Gasteiger partial charge in [-0.05, 0) is 5.56 Å². The summed E-state index contributed by atoms with van der Waals surface area (Å²) >= 11 is 2.65. The van der Waals surface area contributed by atoms with Crippen molar-refractivity contribution in [1.82, 2.24) is 10.2 Å². The number of nitrogens with zero attached hydrogens (tertiary/aromatic N) is 1. The second-order valence-electron chi connectivity index (χ2n) is 5.91. The number of methoxy groups -OCH3 is 1. The molecule has 0 radical (unpaired) electrons. The summed E-state index contributed by atoms with van der Waals surface area (Å²) in [7, 11) is 1.52. The van der Waals surface area contributed by atoms with Gasteiger partial charge >= 0.3 is 5.97 Å². The molecular weight excluding hydrogens is 390 g/mol. The van der Waals surface area contributed by atoms with E-state index in [0.29, 0.717) is 22.2 Å². The average Bonchev–Trinajstić information content (AvgIpc) is 2.69. The number of carbonyl (C=O) groups excluding carboxylic acids is 2. The van der Waals surface area contributed by atoms with Crippen molar-refractivity contribution in [2.45, 2.75) is 17.5 Å². The van der Waals surface area contributed by atoms with Gasteiger partial charge in [0.2, 0.25) is 5.91 Å². The number of nitrogens with one attached hydrogen (secondary N) is 1. The van der Waals surface area contributed by atoms with E-state index in [1.165, 1.54) is 35.5 Å². The normalized spacial score (nSPS) is 22.7. The Morgan fingerprint density at radius 2 is 2.15 bits per heavy atom. The second-order valence-corrected chi connectivity index (χ2v) is 8.03. The second kappa shape index (κ2) is 8.34. The van der Waals surface area contributed by atoms with Crippen LogP contribution in [0.4, 0.5) is 0 Å². The van der Waals surface area contributed by atoms with E-state index in [1.807, 2.05) is 6.07 Å². The van der Waals surface area contributed by atoms with Crippen molar-refractivity contribution < 1.29 is 24.2 Å². The highest BCUT2D eigenvalue weighted by molar-refractivity contribution is 8.06. The molecule has 0 unspecified atom stereocenters. The van der Waals surface area contributed by atoms with Crippen LogP contribution in [-0.4, -0.2) is 58.0 Å². The zero-order valence-corrected chi connectivity index (χ0v) is 16.1. The topological polar surface area (TPSA) is 122 Å². The van der Waals surface area contributed by atoms with Gasteiger partial charge in [-0.3, -0.25) is 14.5 Å². The molecule has 10 heteroatoms. The van der Waals surface area contributed by atoms with Crippen molar-refractivity contribution in [2.24, 2.45) is 5.73 Å². The van der Waals surface area contributed by atoms with Crippen molar-refractivity contribution in [2.75, 3.05) is 18.8 Å². The number of fused-ring (bicyclic) bond motifs is 1. The molecule has 1 aromatic carbocycles. The maximum absolute atomic E-state index is 12.5. The number of amides is 2. The highest BCUT2D eigenvalue weighted by Gasteiger charge is 2.54. The van der Waals surface area contributed by atoms with Crippen LogP contribution in [0.25, 0.3) is 0 Å². The summed E-state index contributed by atoms with van der Waals surface area (Å²) < 4.78 is 4.97. The van der Waals surface area contributed by atoms with E-state index in [-0.39, 0.29) is 5.70 Å². The Morgan fingerprint density at radius 3 is 2.78 bits per heavy atom. The molecule has 2 aliphatic heterocycles. The van der Waals surface area contributed by atoms with Crippen LogP contribution in [0.5, 0.6) is 0 Å². The first-order valence-electron chi connectivity index (χ1n) is 8.09. The highest BCUT2D eigenvalue weighted by Crippen LogP contribution is 2.43. The molecule has 27 heavy (non-hydrogen) atoms. The molecule has 1 aromatic rings. The number of hydrogen-bond acceptors (Lipinski definition) is 7. The number of rotatable bonds is 7. The third-order valence-electron chi connectivity index (χ3n) is 4.23. The minimum absolute atomic E-state index is 0.0383. The molecule has 8 nitrogen and oxygen atoms in total. The molecule has 1 fully saturated rings. The first kappa shape index (κ1) is 19.7.